The molecule has 7 heavy (non-hydrogen) atoms. The molecule has 0 aliphatic heterocycles. The van der Waals surface area contributed by atoms with Crippen molar-refractivity contribution in [3.8, 4) is 0 Å². The predicted molar refractivity (Wildman–Crippen MR) is 30.5 cm³/mol. The van der Waals surface area contributed by atoms with E-state index in [1.165, 1.54) is 0 Å². The fourth-order valence-corrected chi connectivity index (χ4v) is 0. The van der Waals surface area contributed by atoms with E-state index in [1.54, 1.807) is 0 Å². The van der Waals surface area contributed by atoms with E-state index in [0.717, 1.165) is 0 Å². The molecule has 0 atom stereocenters. The summed E-state index contributed by atoms with van der Waals surface area (Å²) in [7, 11) is 0. The molecule has 0 rings (SSSR count). The van der Waals surface area contributed by atoms with Crippen molar-refractivity contribution in [2.45, 2.75) is 0 Å². The molecule has 0 aliphatic rings. The van der Waals surface area contributed by atoms with Crippen molar-refractivity contribution >= 4 is 35.3 Å². The van der Waals surface area contributed by atoms with Crippen molar-refractivity contribution in [2.24, 2.45) is 0 Å². The van der Waals surface area contributed by atoms with Crippen molar-refractivity contribution in [1.82, 2.24) is 0 Å². The molecular formula is H3Cl3N3Pt-3. The molecule has 0 aromatic heterocycles. The average molecular weight is 346 g/mol. The Kier molecular flexibility index (Phi) is 505. The van der Waals surface area contributed by atoms with Crippen LogP contribution in [0.25, 0.3) is 15.8 Å². The molecule has 0 saturated carbocycles. The molecule has 0 fully saturated rings. The minimum Gasteiger partial charge on any atom is -0.590 e. The first-order valence-corrected chi connectivity index (χ1v) is 1.70. The maximum Gasteiger partial charge on any atom is 0 e. The Morgan fingerprint density at radius 3 is 0.571 bits per heavy atom. The summed E-state index contributed by atoms with van der Waals surface area (Å²) in [5.74, 6) is 0. The zero-order valence-corrected chi connectivity index (χ0v) is 7.49. The summed E-state index contributed by atoms with van der Waals surface area (Å²) in [6.45, 7) is 0. The van der Waals surface area contributed by atoms with E-state index < -0.39 is 0 Å². The summed E-state index contributed by atoms with van der Waals surface area (Å²) in [6.07, 6.45) is 0. The van der Waals surface area contributed by atoms with Crippen LogP contribution in [0.3, 0.4) is 0 Å². The third-order valence-corrected chi connectivity index (χ3v) is 0. The van der Waals surface area contributed by atoms with Gasteiger partial charge in [-0.15, -0.1) is 0 Å². The van der Waals surface area contributed by atoms with Crippen molar-refractivity contribution in [3.05, 3.63) is 15.8 Å². The molecule has 0 unspecified atom stereocenters. The molecule has 0 spiro atoms. The second-order valence-corrected chi connectivity index (χ2v) is 0. The molecule has 0 saturated heterocycles. The SMILES string of the molecule is [NH-]Cl.[NH-]Cl.[NH-]Cl.[Pt]. The predicted octanol–water partition coefficient (Wildman–Crippen LogP) is 3.57. The summed E-state index contributed by atoms with van der Waals surface area (Å²) in [4.78, 5) is 0. The first-order chi connectivity index (χ1) is 3.00. The van der Waals surface area contributed by atoms with Crippen LogP contribution in [0.5, 0.6) is 0 Å². The fraction of sp³-hybridized carbons (Fsp3) is 0. The van der Waals surface area contributed by atoms with Crippen molar-refractivity contribution in [3.63, 3.8) is 0 Å². The normalized spacial score (nSPS) is 2.57. The van der Waals surface area contributed by atoms with E-state index in [9.17, 15) is 0 Å². The molecule has 7 heteroatoms. The van der Waals surface area contributed by atoms with Crippen LogP contribution in [0.4, 0.5) is 0 Å². The van der Waals surface area contributed by atoms with Gasteiger partial charge in [0.05, 0.1) is 0 Å². The van der Waals surface area contributed by atoms with Gasteiger partial charge in [0.15, 0.2) is 0 Å². The fourth-order valence-electron chi connectivity index (χ4n) is 0. The largest absolute Gasteiger partial charge is 0.590 e. The van der Waals surface area contributed by atoms with Gasteiger partial charge >= 0.3 is 0 Å². The Bertz CT molecular complexity index is 10.1. The van der Waals surface area contributed by atoms with Crippen LogP contribution in [-0.4, -0.2) is 0 Å². The maximum atomic E-state index is 5.22. The van der Waals surface area contributed by atoms with Crippen LogP contribution in [-0.2, 0) is 21.1 Å². The topological polar surface area (TPSA) is 71.4 Å². The molecule has 0 heterocycles. The second kappa shape index (κ2) is 149. The monoisotopic (exact) mass is 345 g/mol. The van der Waals surface area contributed by atoms with E-state index in [2.05, 4.69) is 35.3 Å². The Labute approximate surface area is 72.0 Å². The molecule has 3 nitrogen and oxygen atoms in total. The van der Waals surface area contributed by atoms with Gasteiger partial charge in [-0.2, -0.15) is 0 Å². The molecule has 52 valence electrons. The molecular weight excluding hydrogens is 343 g/mol. The van der Waals surface area contributed by atoms with Crippen LogP contribution in [0.2, 0.25) is 0 Å². The van der Waals surface area contributed by atoms with Crippen LogP contribution in [0.15, 0.2) is 0 Å². The van der Waals surface area contributed by atoms with E-state index in [0.29, 0.717) is 0 Å². The smallest absolute Gasteiger partial charge is 0 e. The zero-order chi connectivity index (χ0) is 6.00. The van der Waals surface area contributed by atoms with Gasteiger partial charge in [0.1, 0.15) is 0 Å². The molecule has 0 radical (unpaired) electrons. The quantitative estimate of drug-likeness (QED) is 0.643. The third kappa shape index (κ3) is 106. The summed E-state index contributed by atoms with van der Waals surface area (Å²) in [5.41, 5.74) is 0. The first-order valence-electron chi connectivity index (χ1n) is 0.567. The summed E-state index contributed by atoms with van der Waals surface area (Å²) in [6, 6.07) is 0. The number of halogens is 3. The summed E-state index contributed by atoms with van der Waals surface area (Å²) >= 11 is 11.7. The van der Waals surface area contributed by atoms with Gasteiger partial charge in [-0.05, 0) is 0 Å². The molecule has 0 aromatic rings. The summed E-state index contributed by atoms with van der Waals surface area (Å²) < 4.78 is 0. The minimum absolute atomic E-state index is 0. The Morgan fingerprint density at radius 2 is 0.571 bits per heavy atom. The molecule has 3 N–H and O–H groups in total. The maximum absolute atomic E-state index is 5.22. The minimum atomic E-state index is 0. The van der Waals surface area contributed by atoms with E-state index in [1.807, 2.05) is 0 Å². The van der Waals surface area contributed by atoms with Crippen LogP contribution in [0.1, 0.15) is 0 Å². The van der Waals surface area contributed by atoms with Gasteiger partial charge < -0.3 is 15.8 Å². The molecule has 0 amide bonds. The van der Waals surface area contributed by atoms with Gasteiger partial charge in [-0.3, -0.25) is 35.3 Å². The van der Waals surface area contributed by atoms with Crippen molar-refractivity contribution < 1.29 is 21.1 Å². The van der Waals surface area contributed by atoms with Crippen LogP contribution < -0.4 is 0 Å². The van der Waals surface area contributed by atoms with Gasteiger partial charge in [0.25, 0.3) is 0 Å². The second-order valence-electron chi connectivity index (χ2n) is 0. The Balaban J connectivity index is -0.00000000900. The number of rotatable bonds is 0. The number of hydrogen-bond acceptors (Lipinski definition) is 0. The van der Waals surface area contributed by atoms with Gasteiger partial charge in [-0.25, -0.2) is 0 Å². The van der Waals surface area contributed by atoms with E-state index in [4.69, 9.17) is 15.8 Å². The van der Waals surface area contributed by atoms with Gasteiger partial charge in [-0.1, -0.05) is 0 Å². The molecule has 0 aromatic carbocycles. The number of hydrogen-bond donors (Lipinski definition) is 0. The van der Waals surface area contributed by atoms with Gasteiger partial charge in [0, 0.05) is 21.1 Å². The first kappa shape index (κ1) is 23.7. The van der Waals surface area contributed by atoms with Crippen molar-refractivity contribution in [1.29, 1.82) is 0 Å². The van der Waals surface area contributed by atoms with E-state index in [-0.39, 0.29) is 21.1 Å². The van der Waals surface area contributed by atoms with Crippen LogP contribution >= 0.6 is 35.3 Å². The Hall–Kier alpha value is 1.44. The van der Waals surface area contributed by atoms with Crippen LogP contribution in [0, 0.1) is 0 Å². The van der Waals surface area contributed by atoms with Crippen molar-refractivity contribution in [2.75, 3.05) is 0 Å². The zero-order valence-electron chi connectivity index (χ0n) is 2.95. The standard InChI is InChI=1S/3ClHN.Pt/c3*1-2;/h3*2H;/q3*-1;. The van der Waals surface area contributed by atoms with E-state index >= 15 is 0 Å². The van der Waals surface area contributed by atoms with Gasteiger partial charge in [0.2, 0.25) is 0 Å². The number of nitrogens with one attached hydrogen (secondary N) is 3. The third-order valence-electron chi connectivity index (χ3n) is 0. The molecule has 0 aliphatic carbocycles. The molecule has 0 bridgehead atoms. The average Bonchev–Trinajstić information content (AvgIpc) is 1.81. The Morgan fingerprint density at radius 1 is 0.571 bits per heavy atom. The summed E-state index contributed by atoms with van der Waals surface area (Å²) in [5, 5.41) is 15.7.